The molecule has 3 heterocycles. The fourth-order valence-corrected chi connectivity index (χ4v) is 2.95. The lowest BCUT2D eigenvalue weighted by molar-refractivity contribution is -0.121. The monoisotopic (exact) mass is 324 g/mol. The number of amides is 1. The highest BCUT2D eigenvalue weighted by molar-refractivity contribution is 5.94. The summed E-state index contributed by atoms with van der Waals surface area (Å²) in [4.78, 5) is 16.6. The van der Waals surface area contributed by atoms with Crippen LogP contribution < -0.4 is 26.5 Å². The molecule has 2 aliphatic rings. The van der Waals surface area contributed by atoms with E-state index in [9.17, 15) is 9.18 Å². The number of hydrazine groups is 1. The van der Waals surface area contributed by atoms with E-state index in [2.05, 4.69) is 21.0 Å². The number of halogens is 1. The molecule has 126 valence electrons. The van der Waals surface area contributed by atoms with Crippen LogP contribution in [0.5, 0.6) is 5.75 Å². The average Bonchev–Trinajstić information content (AvgIpc) is 2.84. The summed E-state index contributed by atoms with van der Waals surface area (Å²) in [6, 6.07) is 1.69. The Balaban J connectivity index is 1.73. The van der Waals surface area contributed by atoms with Gasteiger partial charge in [-0.2, -0.15) is 0 Å². The smallest absolute Gasteiger partial charge is 0.233 e. The average molecular weight is 324 g/mol. The zero-order valence-corrected chi connectivity index (χ0v) is 12.8. The van der Waals surface area contributed by atoms with Crippen LogP contribution in [-0.2, 0) is 4.79 Å². The van der Waals surface area contributed by atoms with Crippen LogP contribution in [0.2, 0.25) is 0 Å². The Morgan fingerprint density at radius 2 is 2.48 bits per heavy atom. The first-order chi connectivity index (χ1) is 11.1. The predicted octanol–water partition coefficient (Wildman–Crippen LogP) is -0.593. The summed E-state index contributed by atoms with van der Waals surface area (Å²) in [6.07, 6.45) is 1.19. The molecular weight excluding hydrogens is 303 g/mol. The summed E-state index contributed by atoms with van der Waals surface area (Å²) in [5.41, 5.74) is 9.45. The molecule has 0 aliphatic carbocycles. The van der Waals surface area contributed by atoms with Crippen LogP contribution in [0.1, 0.15) is 6.92 Å². The van der Waals surface area contributed by atoms with Gasteiger partial charge in [-0.3, -0.25) is 15.1 Å². The number of nitrogens with one attached hydrogen (secondary N) is 3. The lowest BCUT2D eigenvalue weighted by atomic mass is 10.0. The Kier molecular flexibility index (Phi) is 4.71. The van der Waals surface area contributed by atoms with Crippen molar-refractivity contribution >= 4 is 11.6 Å². The number of hydrogen-bond acceptors (Lipinski definition) is 7. The first kappa shape index (κ1) is 16.1. The van der Waals surface area contributed by atoms with E-state index in [1.807, 2.05) is 6.92 Å². The fourth-order valence-electron chi connectivity index (χ4n) is 2.95. The van der Waals surface area contributed by atoms with Crippen LogP contribution in [-0.4, -0.2) is 54.1 Å². The third kappa shape index (κ3) is 3.27. The maximum Gasteiger partial charge on any atom is 0.233 e. The van der Waals surface area contributed by atoms with Crippen molar-refractivity contribution < 1.29 is 13.9 Å². The van der Waals surface area contributed by atoms with Gasteiger partial charge >= 0.3 is 0 Å². The Labute approximate surface area is 133 Å². The number of aromatic nitrogens is 1. The molecule has 0 bridgehead atoms. The summed E-state index contributed by atoms with van der Waals surface area (Å²) in [6.45, 7) is 2.75. The number of rotatable bonds is 4. The number of anilines is 1. The summed E-state index contributed by atoms with van der Waals surface area (Å²) in [5, 5.41) is 7.47. The second kappa shape index (κ2) is 6.75. The number of carbonyl (C=O) groups is 1. The molecule has 0 spiro atoms. The molecule has 2 aliphatic heterocycles. The molecule has 5 N–H and O–H groups in total. The number of fused-ring (bicyclic) bond motifs is 1. The highest BCUT2D eigenvalue weighted by Gasteiger charge is 2.47. The number of alkyl halides is 1. The van der Waals surface area contributed by atoms with Gasteiger partial charge in [0.1, 0.15) is 17.6 Å². The molecule has 23 heavy (non-hydrogen) atoms. The van der Waals surface area contributed by atoms with E-state index in [0.29, 0.717) is 18.0 Å². The van der Waals surface area contributed by atoms with Crippen molar-refractivity contribution in [3.63, 3.8) is 0 Å². The third-order valence-corrected chi connectivity index (χ3v) is 3.96. The van der Waals surface area contributed by atoms with E-state index in [1.165, 1.54) is 6.20 Å². The minimum Gasteiger partial charge on any atom is -0.492 e. The van der Waals surface area contributed by atoms with E-state index in [1.54, 1.807) is 17.3 Å². The van der Waals surface area contributed by atoms with E-state index in [0.717, 1.165) is 0 Å². The zero-order chi connectivity index (χ0) is 16.4. The van der Waals surface area contributed by atoms with Gasteiger partial charge in [0.15, 0.2) is 0 Å². The molecular formula is C14H21FN6O2. The molecule has 1 aromatic rings. The minimum atomic E-state index is -0.990. The molecule has 0 aromatic carbocycles. The highest BCUT2D eigenvalue weighted by Crippen LogP contribution is 2.26. The zero-order valence-electron chi connectivity index (χ0n) is 12.8. The molecule has 3 rings (SSSR count). The van der Waals surface area contributed by atoms with Crippen LogP contribution in [0.15, 0.2) is 18.5 Å². The van der Waals surface area contributed by atoms with Gasteiger partial charge in [-0.1, -0.05) is 0 Å². The number of carbonyl (C=O) groups excluding carboxylic acids is 1. The minimum absolute atomic E-state index is 0.201. The van der Waals surface area contributed by atoms with Crippen LogP contribution in [0.3, 0.4) is 0 Å². The topological polar surface area (TPSA) is 105 Å². The van der Waals surface area contributed by atoms with Gasteiger partial charge < -0.3 is 15.8 Å². The number of pyridine rings is 1. The second-order valence-electron chi connectivity index (χ2n) is 5.58. The molecule has 8 nitrogen and oxygen atoms in total. The molecule has 0 radical (unpaired) electrons. The molecule has 9 heteroatoms. The summed E-state index contributed by atoms with van der Waals surface area (Å²) >= 11 is 0. The molecule has 0 saturated carbocycles. The first-order valence-electron chi connectivity index (χ1n) is 7.63. The van der Waals surface area contributed by atoms with Gasteiger partial charge in [0, 0.05) is 25.4 Å². The summed E-state index contributed by atoms with van der Waals surface area (Å²) < 4.78 is 18.9. The van der Waals surface area contributed by atoms with Crippen molar-refractivity contribution in [3.8, 4) is 5.75 Å². The molecule has 2 saturated heterocycles. The predicted molar refractivity (Wildman–Crippen MR) is 82.0 cm³/mol. The van der Waals surface area contributed by atoms with Crippen molar-refractivity contribution in [2.75, 3.05) is 25.0 Å². The molecule has 4 atom stereocenters. The van der Waals surface area contributed by atoms with Gasteiger partial charge in [-0.05, 0) is 6.92 Å². The Morgan fingerprint density at radius 1 is 1.65 bits per heavy atom. The largest absolute Gasteiger partial charge is 0.492 e. The standard InChI is InChI=1S/C14H21FN6O2/c1-2-23-10-3-4-17-6-9(10)19-14(22)11-12(16)20-21-7-8(15)5-18-13(11)21/h3-4,6,8,11-13,18,20H,2,5,7,16H2,1H3,(H,19,22). The van der Waals surface area contributed by atoms with Crippen molar-refractivity contribution in [2.45, 2.75) is 25.4 Å². The normalized spacial score (nSPS) is 30.7. The fraction of sp³-hybridized carbons (Fsp3) is 0.571. The summed E-state index contributed by atoms with van der Waals surface area (Å²) in [5.74, 6) is -0.277. The lowest BCUT2D eigenvalue weighted by Crippen LogP contribution is -2.58. The SMILES string of the molecule is CCOc1ccncc1NC(=O)C1C(N)NN2CC(F)CNC12. The second-order valence-corrected chi connectivity index (χ2v) is 5.58. The molecule has 1 amide bonds. The van der Waals surface area contributed by atoms with Crippen molar-refractivity contribution in [3.05, 3.63) is 18.5 Å². The Morgan fingerprint density at radius 3 is 3.26 bits per heavy atom. The lowest BCUT2D eigenvalue weighted by Gasteiger charge is -2.33. The van der Waals surface area contributed by atoms with Crippen LogP contribution in [0.4, 0.5) is 10.1 Å². The Bertz CT molecular complexity index is 574. The van der Waals surface area contributed by atoms with Crippen LogP contribution >= 0.6 is 0 Å². The number of hydrogen-bond donors (Lipinski definition) is 4. The summed E-state index contributed by atoms with van der Waals surface area (Å²) in [7, 11) is 0. The van der Waals surface area contributed by atoms with Crippen LogP contribution in [0, 0.1) is 5.92 Å². The maximum atomic E-state index is 13.5. The molecule has 1 aromatic heterocycles. The maximum absolute atomic E-state index is 13.5. The number of nitrogens with two attached hydrogens (primary N) is 1. The molecule has 4 unspecified atom stereocenters. The first-order valence-corrected chi connectivity index (χ1v) is 7.63. The van der Waals surface area contributed by atoms with Gasteiger partial charge in [-0.15, -0.1) is 0 Å². The van der Waals surface area contributed by atoms with Gasteiger partial charge in [0.25, 0.3) is 0 Å². The van der Waals surface area contributed by atoms with Crippen LogP contribution in [0.25, 0.3) is 0 Å². The van der Waals surface area contributed by atoms with Crippen molar-refractivity contribution in [1.82, 2.24) is 20.7 Å². The van der Waals surface area contributed by atoms with Gasteiger partial charge in [0.2, 0.25) is 5.91 Å². The molecule has 2 fully saturated rings. The van der Waals surface area contributed by atoms with Crippen molar-refractivity contribution in [1.29, 1.82) is 0 Å². The van der Waals surface area contributed by atoms with E-state index in [4.69, 9.17) is 10.5 Å². The number of nitrogens with zero attached hydrogens (tertiary/aromatic N) is 2. The van der Waals surface area contributed by atoms with Crippen molar-refractivity contribution in [2.24, 2.45) is 11.7 Å². The van der Waals surface area contributed by atoms with Gasteiger partial charge in [-0.25, -0.2) is 14.8 Å². The quantitative estimate of drug-likeness (QED) is 0.587. The number of ether oxygens (including phenoxy) is 1. The van der Waals surface area contributed by atoms with Gasteiger partial charge in [0.05, 0.1) is 31.1 Å². The van der Waals surface area contributed by atoms with E-state index in [-0.39, 0.29) is 25.2 Å². The van der Waals surface area contributed by atoms with E-state index < -0.39 is 18.3 Å². The highest BCUT2D eigenvalue weighted by atomic mass is 19.1. The third-order valence-electron chi connectivity index (χ3n) is 3.96. The Hall–Kier alpha value is -1.81. The van der Waals surface area contributed by atoms with E-state index >= 15 is 0 Å².